The predicted molar refractivity (Wildman–Crippen MR) is 74.9 cm³/mol. The van der Waals surface area contributed by atoms with Crippen LogP contribution < -0.4 is 5.73 Å². The molecule has 98 valence electrons. The van der Waals surface area contributed by atoms with E-state index in [-0.39, 0.29) is 11.9 Å². The highest BCUT2D eigenvalue weighted by Gasteiger charge is 2.28. The minimum absolute atomic E-state index is 0.0509. The summed E-state index contributed by atoms with van der Waals surface area (Å²) in [5.41, 5.74) is 6.81. The first-order valence-electron chi connectivity index (χ1n) is 6.00. The summed E-state index contributed by atoms with van der Waals surface area (Å²) in [6.45, 7) is 5.69. The second-order valence-electron chi connectivity index (χ2n) is 4.93. The molecule has 0 radical (unpaired) electrons. The Morgan fingerprint density at radius 3 is 2.89 bits per heavy atom. The molecule has 0 amide bonds. The van der Waals surface area contributed by atoms with Crippen molar-refractivity contribution in [3.63, 3.8) is 0 Å². The van der Waals surface area contributed by atoms with Crippen molar-refractivity contribution in [2.24, 2.45) is 16.6 Å². The zero-order valence-corrected chi connectivity index (χ0v) is 12.1. The van der Waals surface area contributed by atoms with E-state index < -0.39 is 0 Å². The van der Waals surface area contributed by atoms with Crippen LogP contribution in [-0.2, 0) is 0 Å². The maximum absolute atomic E-state index is 13.6. The molecule has 0 aromatic heterocycles. The largest absolute Gasteiger partial charge is 0.370 e. The van der Waals surface area contributed by atoms with Crippen molar-refractivity contribution in [2.45, 2.75) is 19.9 Å². The molecule has 0 spiro atoms. The minimum Gasteiger partial charge on any atom is -0.370 e. The number of rotatable bonds is 3. The lowest BCUT2D eigenvalue weighted by Gasteiger charge is -2.28. The summed E-state index contributed by atoms with van der Waals surface area (Å²) in [6, 6.07) is 5.25. The highest BCUT2D eigenvalue weighted by atomic mass is 79.9. The highest BCUT2D eigenvalue weighted by Crippen LogP contribution is 2.28. The molecule has 1 aromatic rings. The van der Waals surface area contributed by atoms with Crippen LogP contribution in [0.15, 0.2) is 27.7 Å². The van der Waals surface area contributed by atoms with Crippen LogP contribution in [0, 0.1) is 11.7 Å². The van der Waals surface area contributed by atoms with Crippen LogP contribution in [-0.4, -0.2) is 23.9 Å². The molecule has 0 aliphatic carbocycles. The fourth-order valence-electron chi connectivity index (χ4n) is 2.15. The lowest BCUT2D eigenvalue weighted by atomic mass is 10.0. The van der Waals surface area contributed by atoms with E-state index in [4.69, 9.17) is 5.73 Å². The zero-order chi connectivity index (χ0) is 13.3. The Labute approximate surface area is 115 Å². The first-order valence-corrected chi connectivity index (χ1v) is 6.80. The van der Waals surface area contributed by atoms with E-state index in [0.29, 0.717) is 22.9 Å². The van der Waals surface area contributed by atoms with Crippen molar-refractivity contribution >= 4 is 21.9 Å². The number of nitrogens with zero attached hydrogens (tertiary/aromatic N) is 2. The molecule has 0 fully saturated rings. The summed E-state index contributed by atoms with van der Waals surface area (Å²) >= 11 is 3.16. The molecule has 0 saturated carbocycles. The van der Waals surface area contributed by atoms with E-state index in [1.807, 2.05) is 11.0 Å². The average molecular weight is 314 g/mol. The molecular weight excluding hydrogens is 297 g/mol. The van der Waals surface area contributed by atoms with E-state index in [1.165, 1.54) is 0 Å². The van der Waals surface area contributed by atoms with E-state index in [2.05, 4.69) is 34.8 Å². The summed E-state index contributed by atoms with van der Waals surface area (Å²) in [6.07, 6.45) is 0. The van der Waals surface area contributed by atoms with Crippen LogP contribution in [0.3, 0.4) is 0 Å². The first kappa shape index (κ1) is 13.3. The molecule has 1 aliphatic rings. The van der Waals surface area contributed by atoms with Crippen LogP contribution in [0.1, 0.15) is 25.5 Å². The Kier molecular flexibility index (Phi) is 3.90. The molecule has 1 unspecified atom stereocenters. The van der Waals surface area contributed by atoms with Gasteiger partial charge >= 0.3 is 0 Å². The van der Waals surface area contributed by atoms with Gasteiger partial charge in [-0.3, -0.25) is 4.99 Å². The number of halogens is 2. The topological polar surface area (TPSA) is 41.6 Å². The first-order chi connectivity index (χ1) is 8.49. The maximum atomic E-state index is 13.6. The molecule has 0 bridgehead atoms. The fraction of sp³-hybridized carbons (Fsp3) is 0.462. The SMILES string of the molecule is CC(C)CN1C(N)=NCC1c1ccc(Br)c(F)c1. The number of hydrogen-bond donors (Lipinski definition) is 1. The third-order valence-corrected chi connectivity index (χ3v) is 3.63. The molecule has 0 saturated heterocycles. The average Bonchev–Trinajstić information content (AvgIpc) is 2.64. The Bertz CT molecular complexity index is 473. The third kappa shape index (κ3) is 2.66. The molecule has 5 heteroatoms. The molecule has 2 N–H and O–H groups in total. The van der Waals surface area contributed by atoms with Gasteiger partial charge in [0.1, 0.15) is 5.82 Å². The number of benzene rings is 1. The molecule has 18 heavy (non-hydrogen) atoms. The van der Waals surface area contributed by atoms with Gasteiger partial charge in [0.15, 0.2) is 5.96 Å². The quantitative estimate of drug-likeness (QED) is 0.932. The molecule has 1 heterocycles. The van der Waals surface area contributed by atoms with Crippen LogP contribution in [0.5, 0.6) is 0 Å². The van der Waals surface area contributed by atoms with Gasteiger partial charge in [0.25, 0.3) is 0 Å². The number of nitrogens with two attached hydrogens (primary N) is 1. The maximum Gasteiger partial charge on any atom is 0.191 e. The normalized spacial score (nSPS) is 19.5. The smallest absolute Gasteiger partial charge is 0.191 e. The van der Waals surface area contributed by atoms with Crippen LogP contribution in [0.2, 0.25) is 0 Å². The third-order valence-electron chi connectivity index (χ3n) is 2.99. The minimum atomic E-state index is -0.248. The second kappa shape index (κ2) is 5.26. The van der Waals surface area contributed by atoms with E-state index in [9.17, 15) is 4.39 Å². The predicted octanol–water partition coefficient (Wildman–Crippen LogP) is 2.92. The van der Waals surface area contributed by atoms with E-state index in [0.717, 1.165) is 12.1 Å². The zero-order valence-electron chi connectivity index (χ0n) is 10.5. The summed E-state index contributed by atoms with van der Waals surface area (Å²) in [4.78, 5) is 6.32. The van der Waals surface area contributed by atoms with Gasteiger partial charge in [0.05, 0.1) is 17.1 Å². The molecule has 1 atom stereocenters. The molecule has 3 nitrogen and oxygen atoms in total. The van der Waals surface area contributed by atoms with Crippen molar-refractivity contribution in [3.05, 3.63) is 34.1 Å². The summed E-state index contributed by atoms with van der Waals surface area (Å²) in [5.74, 6) is 0.791. The number of aliphatic imine (C=N–C) groups is 1. The van der Waals surface area contributed by atoms with Crippen molar-refractivity contribution in [2.75, 3.05) is 13.1 Å². The van der Waals surface area contributed by atoms with Crippen molar-refractivity contribution in [1.82, 2.24) is 4.90 Å². The molecule has 1 aliphatic heterocycles. The van der Waals surface area contributed by atoms with E-state index in [1.54, 1.807) is 12.1 Å². The van der Waals surface area contributed by atoms with E-state index >= 15 is 0 Å². The molecule has 2 rings (SSSR count). The summed E-state index contributed by atoms with van der Waals surface area (Å²) in [7, 11) is 0. The van der Waals surface area contributed by atoms with Crippen molar-refractivity contribution in [3.8, 4) is 0 Å². The number of hydrogen-bond acceptors (Lipinski definition) is 3. The Hall–Kier alpha value is -1.10. The lowest BCUT2D eigenvalue weighted by molar-refractivity contribution is 0.309. The van der Waals surface area contributed by atoms with Gasteiger partial charge < -0.3 is 10.6 Å². The van der Waals surface area contributed by atoms with Crippen molar-refractivity contribution in [1.29, 1.82) is 0 Å². The summed E-state index contributed by atoms with van der Waals surface area (Å²) in [5, 5.41) is 0. The monoisotopic (exact) mass is 313 g/mol. The van der Waals surface area contributed by atoms with Gasteiger partial charge in [-0.05, 0) is 39.5 Å². The second-order valence-corrected chi connectivity index (χ2v) is 5.79. The Morgan fingerprint density at radius 1 is 1.56 bits per heavy atom. The fourth-order valence-corrected chi connectivity index (χ4v) is 2.39. The van der Waals surface area contributed by atoms with Crippen LogP contribution in [0.25, 0.3) is 0 Å². The number of guanidine groups is 1. The highest BCUT2D eigenvalue weighted by molar-refractivity contribution is 9.10. The van der Waals surface area contributed by atoms with Gasteiger partial charge in [-0.15, -0.1) is 0 Å². The summed E-state index contributed by atoms with van der Waals surface area (Å²) < 4.78 is 14.1. The Morgan fingerprint density at radius 2 is 2.28 bits per heavy atom. The van der Waals surface area contributed by atoms with Gasteiger partial charge in [-0.25, -0.2) is 4.39 Å². The standard InChI is InChI=1S/C13H17BrFN3/c1-8(2)7-18-12(6-17-13(18)16)9-3-4-10(14)11(15)5-9/h3-5,8,12H,6-7H2,1-2H3,(H2,16,17). The van der Waals surface area contributed by atoms with Crippen LogP contribution >= 0.6 is 15.9 Å². The molecule has 1 aromatic carbocycles. The molecular formula is C13H17BrFN3. The van der Waals surface area contributed by atoms with Gasteiger partial charge in [-0.1, -0.05) is 19.9 Å². The van der Waals surface area contributed by atoms with Gasteiger partial charge in [0.2, 0.25) is 0 Å². The van der Waals surface area contributed by atoms with Gasteiger partial charge in [-0.2, -0.15) is 0 Å². The Balaban J connectivity index is 2.24. The van der Waals surface area contributed by atoms with Gasteiger partial charge in [0, 0.05) is 6.54 Å². The lowest BCUT2D eigenvalue weighted by Crippen LogP contribution is -2.38. The van der Waals surface area contributed by atoms with Crippen molar-refractivity contribution < 1.29 is 4.39 Å². The van der Waals surface area contributed by atoms with Crippen LogP contribution in [0.4, 0.5) is 4.39 Å².